The van der Waals surface area contributed by atoms with Gasteiger partial charge in [0, 0.05) is 39.4 Å². The SMILES string of the molecule is COc1cccc(N(CC(=O)O)C(=S)NC2CCC(c3ccc(-c4csc(Nc5cccc(Cl)c5)n4)cc3)CC2)c1. The number of carbonyl (C=O) groups is 1. The third-order valence-corrected chi connectivity index (χ3v) is 8.55. The zero-order valence-electron chi connectivity index (χ0n) is 22.5. The lowest BCUT2D eigenvalue weighted by molar-refractivity contribution is -0.135. The molecule has 0 radical (unpaired) electrons. The average molecular weight is 607 g/mol. The second kappa shape index (κ2) is 13.3. The van der Waals surface area contributed by atoms with Gasteiger partial charge in [0.1, 0.15) is 12.3 Å². The zero-order chi connectivity index (χ0) is 28.8. The number of thiocarbonyl (C=S) groups is 1. The molecule has 0 aliphatic heterocycles. The molecular weight excluding hydrogens is 576 g/mol. The zero-order valence-corrected chi connectivity index (χ0v) is 24.9. The molecule has 0 atom stereocenters. The minimum Gasteiger partial charge on any atom is -0.497 e. The number of nitrogens with one attached hydrogen (secondary N) is 2. The lowest BCUT2D eigenvalue weighted by Crippen LogP contribution is -2.47. The van der Waals surface area contributed by atoms with Crippen LogP contribution < -0.4 is 20.3 Å². The number of carboxylic acids is 1. The molecule has 1 aliphatic carbocycles. The Labute approximate surface area is 254 Å². The molecule has 1 aliphatic rings. The van der Waals surface area contributed by atoms with Gasteiger partial charge < -0.3 is 25.4 Å². The van der Waals surface area contributed by atoms with Gasteiger partial charge in [-0.25, -0.2) is 4.98 Å². The number of hydrogen-bond acceptors (Lipinski definition) is 6. The van der Waals surface area contributed by atoms with Crippen LogP contribution in [0.3, 0.4) is 0 Å². The number of benzene rings is 3. The normalized spacial score (nSPS) is 16.5. The number of anilines is 3. The van der Waals surface area contributed by atoms with Gasteiger partial charge in [0.25, 0.3) is 0 Å². The summed E-state index contributed by atoms with van der Waals surface area (Å²) in [5.74, 6) is 0.173. The van der Waals surface area contributed by atoms with E-state index in [-0.39, 0.29) is 12.6 Å². The summed E-state index contributed by atoms with van der Waals surface area (Å²) in [6.45, 7) is -0.224. The van der Waals surface area contributed by atoms with Crippen LogP contribution in [0.15, 0.2) is 78.2 Å². The molecule has 10 heteroatoms. The predicted octanol–water partition coefficient (Wildman–Crippen LogP) is 7.71. The van der Waals surface area contributed by atoms with E-state index in [1.165, 1.54) is 5.56 Å². The van der Waals surface area contributed by atoms with Gasteiger partial charge in [0.2, 0.25) is 0 Å². The second-order valence-electron chi connectivity index (χ2n) is 9.97. The Balaban J connectivity index is 1.16. The molecule has 0 saturated heterocycles. The fraction of sp³-hybridized carbons (Fsp3) is 0.258. The lowest BCUT2D eigenvalue weighted by Gasteiger charge is -2.33. The van der Waals surface area contributed by atoms with Crippen molar-refractivity contribution >= 4 is 62.7 Å². The fourth-order valence-electron chi connectivity index (χ4n) is 5.10. The van der Waals surface area contributed by atoms with Crippen molar-refractivity contribution in [1.29, 1.82) is 0 Å². The van der Waals surface area contributed by atoms with Crippen molar-refractivity contribution < 1.29 is 14.6 Å². The topological polar surface area (TPSA) is 86.7 Å². The van der Waals surface area contributed by atoms with Crippen LogP contribution in [-0.2, 0) is 4.79 Å². The maximum atomic E-state index is 11.6. The lowest BCUT2D eigenvalue weighted by atomic mass is 9.81. The predicted molar refractivity (Wildman–Crippen MR) is 171 cm³/mol. The molecule has 7 nitrogen and oxygen atoms in total. The first-order valence-corrected chi connectivity index (χ1v) is 15.1. The highest BCUT2D eigenvalue weighted by Crippen LogP contribution is 2.35. The third-order valence-electron chi connectivity index (χ3n) is 7.22. The Hall–Kier alpha value is -3.66. The number of thiazole rings is 1. The van der Waals surface area contributed by atoms with E-state index >= 15 is 0 Å². The monoisotopic (exact) mass is 606 g/mol. The van der Waals surface area contributed by atoms with Crippen LogP contribution in [0.5, 0.6) is 5.75 Å². The number of rotatable bonds is 9. The third kappa shape index (κ3) is 7.55. The smallest absolute Gasteiger partial charge is 0.323 e. The van der Waals surface area contributed by atoms with Crippen LogP contribution in [0.1, 0.15) is 37.2 Å². The molecule has 4 aromatic rings. The number of halogens is 1. The van der Waals surface area contributed by atoms with E-state index in [4.69, 9.17) is 33.5 Å². The van der Waals surface area contributed by atoms with E-state index in [2.05, 4.69) is 40.3 Å². The van der Waals surface area contributed by atoms with Gasteiger partial charge in [0.05, 0.1) is 12.8 Å². The Morgan fingerprint density at radius 1 is 1.10 bits per heavy atom. The molecule has 1 fully saturated rings. The molecule has 1 aromatic heterocycles. The minimum absolute atomic E-state index is 0.195. The molecule has 5 rings (SSSR count). The molecule has 0 spiro atoms. The Morgan fingerprint density at radius 3 is 2.56 bits per heavy atom. The van der Waals surface area contributed by atoms with Crippen molar-refractivity contribution in [1.82, 2.24) is 10.3 Å². The second-order valence-corrected chi connectivity index (χ2v) is 11.7. The number of aromatic nitrogens is 1. The number of methoxy groups -OCH3 is 1. The maximum Gasteiger partial charge on any atom is 0.323 e. The van der Waals surface area contributed by atoms with Crippen LogP contribution in [0.4, 0.5) is 16.5 Å². The first-order valence-electron chi connectivity index (χ1n) is 13.4. The van der Waals surface area contributed by atoms with E-state index in [1.54, 1.807) is 29.4 Å². The highest BCUT2D eigenvalue weighted by Gasteiger charge is 2.25. The first kappa shape index (κ1) is 28.9. The number of carboxylic acid groups (broad SMARTS) is 1. The van der Waals surface area contributed by atoms with Gasteiger partial charge in [-0.15, -0.1) is 11.3 Å². The standard InChI is InChI=1S/C31H31ClN4O3S2/c1-39-27-7-3-6-26(17-27)36(18-29(37)38)31(40)34-24-14-12-21(13-15-24)20-8-10-22(11-9-20)28-19-41-30(35-28)33-25-5-2-4-23(32)16-25/h2-11,16-17,19,21,24H,12-15,18H2,1H3,(H,33,35)(H,34,40)(H,37,38). The molecule has 0 bridgehead atoms. The molecule has 0 unspecified atom stereocenters. The van der Waals surface area contributed by atoms with Crippen molar-refractivity contribution in [2.24, 2.45) is 0 Å². The van der Waals surface area contributed by atoms with Gasteiger partial charge in [-0.1, -0.05) is 48.0 Å². The maximum absolute atomic E-state index is 11.6. The molecule has 0 amide bonds. The molecule has 41 heavy (non-hydrogen) atoms. The van der Waals surface area contributed by atoms with E-state index in [1.807, 2.05) is 42.5 Å². The van der Waals surface area contributed by atoms with E-state index in [9.17, 15) is 9.90 Å². The molecule has 1 saturated carbocycles. The molecule has 3 N–H and O–H groups in total. The van der Waals surface area contributed by atoms with Crippen LogP contribution in [0, 0.1) is 0 Å². The van der Waals surface area contributed by atoms with Gasteiger partial charge in [-0.05, 0) is 79.7 Å². The van der Waals surface area contributed by atoms with Crippen molar-refractivity contribution in [3.8, 4) is 17.0 Å². The van der Waals surface area contributed by atoms with Crippen LogP contribution in [0.25, 0.3) is 11.3 Å². The van der Waals surface area contributed by atoms with Gasteiger partial charge in [-0.2, -0.15) is 0 Å². The minimum atomic E-state index is -0.949. The molecular formula is C31H31ClN4O3S2. The number of hydrogen-bond donors (Lipinski definition) is 3. The largest absolute Gasteiger partial charge is 0.497 e. The summed E-state index contributed by atoms with van der Waals surface area (Å²) in [5.41, 5.74) is 4.95. The summed E-state index contributed by atoms with van der Waals surface area (Å²) >= 11 is 13.3. The number of nitrogens with zero attached hydrogens (tertiary/aromatic N) is 2. The Morgan fingerprint density at radius 2 is 1.85 bits per heavy atom. The molecule has 1 heterocycles. The fourth-order valence-corrected chi connectivity index (χ4v) is 6.36. The summed E-state index contributed by atoms with van der Waals surface area (Å²) in [6.07, 6.45) is 3.97. The van der Waals surface area contributed by atoms with Gasteiger partial charge in [0.15, 0.2) is 10.2 Å². The molecule has 212 valence electrons. The molecule has 3 aromatic carbocycles. The van der Waals surface area contributed by atoms with Crippen molar-refractivity contribution in [3.63, 3.8) is 0 Å². The summed E-state index contributed by atoms with van der Waals surface area (Å²) in [7, 11) is 1.58. The van der Waals surface area contributed by atoms with E-state index in [0.29, 0.717) is 27.5 Å². The first-order chi connectivity index (χ1) is 19.9. The van der Waals surface area contributed by atoms with Gasteiger partial charge in [-0.3, -0.25) is 4.79 Å². The van der Waals surface area contributed by atoms with Crippen LogP contribution in [-0.4, -0.2) is 40.9 Å². The Kier molecular flexibility index (Phi) is 9.38. The summed E-state index contributed by atoms with van der Waals surface area (Å²) < 4.78 is 5.30. The summed E-state index contributed by atoms with van der Waals surface area (Å²) in [6, 6.07) is 23.8. The Bertz CT molecular complexity index is 1500. The number of ether oxygens (including phenoxy) is 1. The van der Waals surface area contributed by atoms with Crippen molar-refractivity contribution in [3.05, 3.63) is 88.8 Å². The highest BCUT2D eigenvalue weighted by atomic mass is 35.5. The van der Waals surface area contributed by atoms with E-state index in [0.717, 1.165) is 47.8 Å². The van der Waals surface area contributed by atoms with E-state index < -0.39 is 5.97 Å². The van der Waals surface area contributed by atoms with Crippen molar-refractivity contribution in [2.75, 3.05) is 23.9 Å². The van der Waals surface area contributed by atoms with Gasteiger partial charge >= 0.3 is 5.97 Å². The summed E-state index contributed by atoms with van der Waals surface area (Å²) in [4.78, 5) is 17.9. The van der Waals surface area contributed by atoms with Crippen LogP contribution in [0.2, 0.25) is 5.02 Å². The highest BCUT2D eigenvalue weighted by molar-refractivity contribution is 7.80. The van der Waals surface area contributed by atoms with Crippen LogP contribution >= 0.6 is 35.2 Å². The quantitative estimate of drug-likeness (QED) is 0.167. The number of aliphatic carboxylic acids is 1. The average Bonchev–Trinajstić information content (AvgIpc) is 3.44. The van der Waals surface area contributed by atoms with Crippen molar-refractivity contribution in [2.45, 2.75) is 37.6 Å². The summed E-state index contributed by atoms with van der Waals surface area (Å²) in [5, 5.41) is 20.2.